The molecule has 6 aromatic rings. The highest BCUT2D eigenvalue weighted by Crippen LogP contribution is 2.33. The maximum atomic E-state index is 12.8. The van der Waals surface area contributed by atoms with Crippen LogP contribution in [0.25, 0.3) is 41.7 Å². The van der Waals surface area contributed by atoms with E-state index in [2.05, 4.69) is 30.3 Å². The molecule has 3 nitrogen and oxygen atoms in total. The molecule has 4 heteroatoms. The summed E-state index contributed by atoms with van der Waals surface area (Å²) in [5, 5.41) is 15.7. The number of benzene rings is 5. The van der Waals surface area contributed by atoms with E-state index in [1.54, 1.807) is 18.2 Å². The summed E-state index contributed by atoms with van der Waals surface area (Å²) in [5.41, 5.74) is -0.0344. The van der Waals surface area contributed by atoms with Gasteiger partial charge >= 0.3 is 0 Å². The molecule has 0 fully saturated rings. The molecular weight excluding hydrogens is 428 g/mol. The first-order chi connectivity index (χ1) is 16.1. The van der Waals surface area contributed by atoms with E-state index in [0.717, 1.165) is 25.9 Å². The minimum Gasteiger partial charge on any atom is -0.508 e. The van der Waals surface area contributed by atoms with Gasteiger partial charge in [-0.25, -0.2) is 0 Å². The Labute approximate surface area is 195 Å². The van der Waals surface area contributed by atoms with Gasteiger partial charge in [-0.2, -0.15) is 0 Å². The predicted octanol–water partition coefficient (Wildman–Crippen LogP) is 8.25. The van der Waals surface area contributed by atoms with E-state index in [9.17, 15) is 9.90 Å². The lowest BCUT2D eigenvalue weighted by atomic mass is 10.0. The molecule has 0 saturated carbocycles. The number of aromatic hydroxyl groups is 1. The molecule has 1 heterocycles. The van der Waals surface area contributed by atoms with Gasteiger partial charge in [-0.05, 0) is 82.2 Å². The molecule has 0 amide bonds. The lowest BCUT2D eigenvalue weighted by Gasteiger charge is -2.09. The molecule has 0 aliphatic rings. The SMILES string of the molecule is CC.O=c1c2ccc(O)cc2sc2cc(Oc3ccc4cc5ccccc5cc4c3)ccc12. The van der Waals surface area contributed by atoms with E-state index >= 15 is 0 Å². The van der Waals surface area contributed by atoms with Crippen molar-refractivity contribution in [3.63, 3.8) is 0 Å². The highest BCUT2D eigenvalue weighted by Gasteiger charge is 2.09. The van der Waals surface area contributed by atoms with Crippen LogP contribution in [0.15, 0.2) is 95.8 Å². The van der Waals surface area contributed by atoms with Crippen molar-refractivity contribution >= 4 is 53.1 Å². The molecule has 1 aromatic heterocycles. The zero-order valence-corrected chi connectivity index (χ0v) is 19.1. The molecule has 0 spiro atoms. The van der Waals surface area contributed by atoms with Gasteiger partial charge in [-0.1, -0.05) is 44.2 Å². The van der Waals surface area contributed by atoms with Gasteiger partial charge in [0.05, 0.1) is 0 Å². The maximum Gasteiger partial charge on any atom is 0.195 e. The topological polar surface area (TPSA) is 46.5 Å². The third-order valence-electron chi connectivity index (χ3n) is 5.54. The minimum atomic E-state index is -0.0344. The molecule has 0 atom stereocenters. The number of ether oxygens (including phenoxy) is 1. The molecule has 6 rings (SSSR count). The summed E-state index contributed by atoms with van der Waals surface area (Å²) in [6.07, 6.45) is 0. The molecular formula is C29H22O3S. The molecule has 5 aromatic carbocycles. The summed E-state index contributed by atoms with van der Waals surface area (Å²) in [6.45, 7) is 4.00. The average Bonchev–Trinajstić information content (AvgIpc) is 2.84. The zero-order valence-electron chi connectivity index (χ0n) is 18.3. The van der Waals surface area contributed by atoms with E-state index in [0.29, 0.717) is 16.5 Å². The fourth-order valence-corrected chi connectivity index (χ4v) is 5.14. The number of fused-ring (bicyclic) bond motifs is 4. The lowest BCUT2D eigenvalue weighted by molar-refractivity contribution is 0.476. The van der Waals surface area contributed by atoms with Crippen molar-refractivity contribution in [3.8, 4) is 17.2 Å². The van der Waals surface area contributed by atoms with Crippen molar-refractivity contribution in [1.29, 1.82) is 0 Å². The predicted molar refractivity (Wildman–Crippen MR) is 140 cm³/mol. The standard InChI is InChI=1S/C27H16O3S.C2H6/c28-20-6-9-23-25(14-20)31-26-15-22(8-10-24(26)27(23)29)30-21-7-5-18-11-16-3-1-2-4-17(16)12-19(18)13-21;1-2/h1-15,28H;1-2H3. The summed E-state index contributed by atoms with van der Waals surface area (Å²) in [7, 11) is 0. The van der Waals surface area contributed by atoms with Crippen LogP contribution in [-0.4, -0.2) is 5.11 Å². The summed E-state index contributed by atoms with van der Waals surface area (Å²) in [4.78, 5) is 12.8. The molecule has 0 aliphatic carbocycles. The first kappa shape index (κ1) is 21.0. The largest absolute Gasteiger partial charge is 0.508 e. The van der Waals surface area contributed by atoms with Crippen LogP contribution in [0.1, 0.15) is 13.8 Å². The summed E-state index contributed by atoms with van der Waals surface area (Å²) < 4.78 is 7.72. The van der Waals surface area contributed by atoms with Gasteiger partial charge in [0.1, 0.15) is 17.2 Å². The number of phenols is 1. The van der Waals surface area contributed by atoms with Gasteiger partial charge in [-0.3, -0.25) is 4.79 Å². The van der Waals surface area contributed by atoms with Crippen molar-refractivity contribution in [2.75, 3.05) is 0 Å². The van der Waals surface area contributed by atoms with Gasteiger partial charge in [0, 0.05) is 20.2 Å². The van der Waals surface area contributed by atoms with E-state index in [-0.39, 0.29) is 11.2 Å². The van der Waals surface area contributed by atoms with Crippen LogP contribution in [0, 0.1) is 0 Å². The van der Waals surface area contributed by atoms with Crippen LogP contribution < -0.4 is 10.2 Å². The van der Waals surface area contributed by atoms with Crippen molar-refractivity contribution in [3.05, 3.63) is 101 Å². The molecule has 0 aliphatic heterocycles. The highest BCUT2D eigenvalue weighted by atomic mass is 32.1. The number of hydrogen-bond donors (Lipinski definition) is 1. The van der Waals surface area contributed by atoms with Gasteiger partial charge < -0.3 is 9.84 Å². The molecule has 1 N–H and O–H groups in total. The third-order valence-corrected chi connectivity index (χ3v) is 6.65. The Morgan fingerprint density at radius 2 is 1.21 bits per heavy atom. The molecule has 0 bridgehead atoms. The van der Waals surface area contributed by atoms with Crippen LogP contribution in [0.5, 0.6) is 17.2 Å². The smallest absolute Gasteiger partial charge is 0.195 e. The van der Waals surface area contributed by atoms with Crippen LogP contribution in [-0.2, 0) is 0 Å². The van der Waals surface area contributed by atoms with Crippen molar-refractivity contribution in [2.24, 2.45) is 0 Å². The van der Waals surface area contributed by atoms with Gasteiger partial charge in [-0.15, -0.1) is 11.3 Å². The first-order valence-electron chi connectivity index (χ1n) is 10.9. The van der Waals surface area contributed by atoms with E-state index < -0.39 is 0 Å². The van der Waals surface area contributed by atoms with E-state index in [4.69, 9.17) is 4.74 Å². The monoisotopic (exact) mass is 450 g/mol. The average molecular weight is 451 g/mol. The Morgan fingerprint density at radius 1 is 0.636 bits per heavy atom. The van der Waals surface area contributed by atoms with Crippen LogP contribution >= 0.6 is 11.3 Å². The second kappa shape index (κ2) is 8.57. The van der Waals surface area contributed by atoms with Crippen LogP contribution in [0.2, 0.25) is 0 Å². The third kappa shape index (κ3) is 3.90. The second-order valence-corrected chi connectivity index (χ2v) is 8.66. The normalized spacial score (nSPS) is 11.0. The first-order valence-corrected chi connectivity index (χ1v) is 11.8. The van der Waals surface area contributed by atoms with Crippen LogP contribution in [0.3, 0.4) is 0 Å². The fourth-order valence-electron chi connectivity index (χ4n) is 4.00. The second-order valence-electron chi connectivity index (χ2n) is 7.58. The summed E-state index contributed by atoms with van der Waals surface area (Å²) in [5.74, 6) is 1.56. The van der Waals surface area contributed by atoms with E-state index in [1.165, 1.54) is 22.1 Å². The van der Waals surface area contributed by atoms with Gasteiger partial charge in [0.15, 0.2) is 5.43 Å². The Kier molecular flexibility index (Phi) is 5.45. The Hall–Kier alpha value is -3.89. The quantitative estimate of drug-likeness (QED) is 0.270. The zero-order chi connectivity index (χ0) is 22.9. The van der Waals surface area contributed by atoms with Gasteiger partial charge in [0.25, 0.3) is 0 Å². The lowest BCUT2D eigenvalue weighted by Crippen LogP contribution is -2.00. The molecule has 33 heavy (non-hydrogen) atoms. The maximum absolute atomic E-state index is 12.8. The van der Waals surface area contributed by atoms with Crippen molar-refractivity contribution < 1.29 is 9.84 Å². The van der Waals surface area contributed by atoms with Gasteiger partial charge in [0.2, 0.25) is 0 Å². The Morgan fingerprint density at radius 3 is 1.97 bits per heavy atom. The van der Waals surface area contributed by atoms with Crippen LogP contribution in [0.4, 0.5) is 0 Å². The minimum absolute atomic E-state index is 0.0344. The Bertz CT molecular complexity index is 1700. The molecule has 0 saturated heterocycles. The van der Waals surface area contributed by atoms with E-state index in [1.807, 2.05) is 56.3 Å². The fraction of sp³-hybridized carbons (Fsp3) is 0.0690. The molecule has 0 radical (unpaired) electrons. The summed E-state index contributed by atoms with van der Waals surface area (Å²) >= 11 is 1.47. The Balaban J connectivity index is 0.00000111. The van der Waals surface area contributed by atoms with Crippen molar-refractivity contribution in [1.82, 2.24) is 0 Å². The number of hydrogen-bond acceptors (Lipinski definition) is 4. The summed E-state index contributed by atoms with van der Waals surface area (Å²) in [6, 6.07) is 29.1. The van der Waals surface area contributed by atoms with Crippen molar-refractivity contribution in [2.45, 2.75) is 13.8 Å². The molecule has 0 unspecified atom stereocenters. The molecule has 162 valence electrons. The number of phenolic OH excluding ortho intramolecular Hbond substituents is 1. The highest BCUT2D eigenvalue weighted by molar-refractivity contribution is 7.24. The number of rotatable bonds is 2.